The van der Waals surface area contributed by atoms with Gasteiger partial charge < -0.3 is 9.64 Å². The number of ether oxygens (including phenoxy) is 1. The zero-order chi connectivity index (χ0) is 19.8. The highest BCUT2D eigenvalue weighted by molar-refractivity contribution is 8.00. The van der Waals surface area contributed by atoms with Gasteiger partial charge in [0.05, 0.1) is 0 Å². The molecule has 1 aromatic heterocycles. The van der Waals surface area contributed by atoms with Crippen molar-refractivity contribution in [2.75, 3.05) is 5.75 Å². The summed E-state index contributed by atoms with van der Waals surface area (Å²) in [6.07, 6.45) is 3.34. The molecular weight excluding hydrogens is 384 g/mol. The first-order valence-electron chi connectivity index (χ1n) is 9.40. The number of carbonyl (C=O) groups is 2. The van der Waals surface area contributed by atoms with Crippen LogP contribution in [0.1, 0.15) is 27.0 Å². The van der Waals surface area contributed by atoms with Gasteiger partial charge in [-0.3, -0.25) is 9.78 Å². The summed E-state index contributed by atoms with van der Waals surface area (Å²) < 4.78 is 5.56. The molecule has 1 fully saturated rings. The number of thioether (sulfide) groups is 1. The van der Waals surface area contributed by atoms with Crippen LogP contribution < -0.4 is 0 Å². The highest BCUT2D eigenvalue weighted by Crippen LogP contribution is 2.57. The van der Waals surface area contributed by atoms with Gasteiger partial charge in [0.25, 0.3) is 5.91 Å². The largest absolute Gasteiger partial charge is 0.459 e. The van der Waals surface area contributed by atoms with Gasteiger partial charge in [-0.05, 0) is 17.7 Å². The molecule has 3 aromatic rings. The third kappa shape index (κ3) is 2.75. The van der Waals surface area contributed by atoms with Crippen LogP contribution in [0.15, 0.2) is 79.1 Å². The van der Waals surface area contributed by atoms with Gasteiger partial charge in [0, 0.05) is 34.8 Å². The molecule has 2 aromatic carbocycles. The van der Waals surface area contributed by atoms with Crippen molar-refractivity contribution in [3.63, 3.8) is 0 Å². The molecule has 6 heteroatoms. The van der Waals surface area contributed by atoms with E-state index < -0.39 is 10.9 Å². The van der Waals surface area contributed by atoms with E-state index in [-0.39, 0.29) is 18.5 Å². The number of hydrogen-bond acceptors (Lipinski definition) is 5. The van der Waals surface area contributed by atoms with Gasteiger partial charge in [0.15, 0.2) is 0 Å². The molecule has 3 heterocycles. The molecule has 1 saturated heterocycles. The standard InChI is InChI=1S/C23H18N2O3S/c26-21-18-10-4-5-11-19(18)23(17-8-2-1-3-9-17)25(21)20(15-29-23)22(27)28-14-16-7-6-12-24-13-16/h1-13,20H,14-15H2. The SMILES string of the molecule is O=C(OCc1cccnc1)C1CSC2(c3ccccc3)c3ccccc3C(=O)N12. The first-order valence-corrected chi connectivity index (χ1v) is 10.4. The van der Waals surface area contributed by atoms with Crippen molar-refractivity contribution >= 4 is 23.6 Å². The fourth-order valence-electron chi connectivity index (χ4n) is 4.10. The van der Waals surface area contributed by atoms with Crippen molar-refractivity contribution in [3.05, 3.63) is 101 Å². The number of pyridine rings is 1. The fraction of sp³-hybridized carbons (Fsp3) is 0.174. The summed E-state index contributed by atoms with van der Waals surface area (Å²) in [6.45, 7) is 0.140. The van der Waals surface area contributed by atoms with E-state index in [0.29, 0.717) is 11.3 Å². The predicted molar refractivity (Wildman–Crippen MR) is 110 cm³/mol. The lowest BCUT2D eigenvalue weighted by Crippen LogP contribution is -2.47. The summed E-state index contributed by atoms with van der Waals surface area (Å²) in [5, 5.41) is 0. The number of aromatic nitrogens is 1. The zero-order valence-corrected chi connectivity index (χ0v) is 16.3. The molecule has 2 atom stereocenters. The number of nitrogens with zero attached hydrogens (tertiary/aromatic N) is 2. The second-order valence-electron chi connectivity index (χ2n) is 7.03. The monoisotopic (exact) mass is 402 g/mol. The van der Waals surface area contributed by atoms with Gasteiger partial charge in [-0.15, -0.1) is 11.8 Å². The summed E-state index contributed by atoms with van der Waals surface area (Å²) in [5.41, 5.74) is 3.39. The summed E-state index contributed by atoms with van der Waals surface area (Å²) in [5.74, 6) is -0.0287. The molecule has 144 valence electrons. The fourth-order valence-corrected chi connectivity index (χ4v) is 5.77. The highest BCUT2D eigenvalue weighted by atomic mass is 32.2. The van der Waals surface area contributed by atoms with E-state index in [9.17, 15) is 9.59 Å². The van der Waals surface area contributed by atoms with E-state index >= 15 is 0 Å². The van der Waals surface area contributed by atoms with Crippen LogP contribution in [0.4, 0.5) is 0 Å². The molecule has 2 aliphatic rings. The number of rotatable bonds is 4. The van der Waals surface area contributed by atoms with Crippen molar-refractivity contribution in [1.82, 2.24) is 9.88 Å². The Morgan fingerprint density at radius 2 is 1.90 bits per heavy atom. The molecule has 29 heavy (non-hydrogen) atoms. The van der Waals surface area contributed by atoms with Crippen LogP contribution in [0.25, 0.3) is 0 Å². The van der Waals surface area contributed by atoms with Crippen LogP contribution in [0.2, 0.25) is 0 Å². The van der Waals surface area contributed by atoms with Gasteiger partial charge in [-0.25, -0.2) is 4.79 Å². The topological polar surface area (TPSA) is 59.5 Å². The molecule has 0 bridgehead atoms. The first-order chi connectivity index (χ1) is 14.2. The van der Waals surface area contributed by atoms with E-state index in [2.05, 4.69) is 4.98 Å². The van der Waals surface area contributed by atoms with Crippen LogP contribution in [-0.2, 0) is 21.0 Å². The van der Waals surface area contributed by atoms with Crippen LogP contribution in [0.3, 0.4) is 0 Å². The number of carbonyl (C=O) groups excluding carboxylic acids is 2. The quantitative estimate of drug-likeness (QED) is 0.624. The third-order valence-electron chi connectivity index (χ3n) is 5.38. The molecule has 2 unspecified atom stereocenters. The summed E-state index contributed by atoms with van der Waals surface area (Å²) in [4.78, 5) is 31.4. The number of fused-ring (bicyclic) bond motifs is 3. The zero-order valence-electron chi connectivity index (χ0n) is 15.5. The lowest BCUT2D eigenvalue weighted by Gasteiger charge is -2.34. The normalized spacial score (nSPS) is 22.3. The first kappa shape index (κ1) is 17.9. The van der Waals surface area contributed by atoms with Crippen molar-refractivity contribution in [2.45, 2.75) is 17.5 Å². The molecule has 2 aliphatic heterocycles. The molecule has 5 nitrogen and oxygen atoms in total. The van der Waals surface area contributed by atoms with Gasteiger partial charge in [-0.2, -0.15) is 0 Å². The average Bonchev–Trinajstić information content (AvgIpc) is 3.30. The predicted octanol–water partition coefficient (Wildman–Crippen LogP) is 3.60. The molecule has 0 radical (unpaired) electrons. The Morgan fingerprint density at radius 3 is 2.69 bits per heavy atom. The van der Waals surface area contributed by atoms with E-state index in [1.807, 2.05) is 60.7 Å². The summed E-state index contributed by atoms with van der Waals surface area (Å²) >= 11 is 1.61. The van der Waals surface area contributed by atoms with Crippen LogP contribution >= 0.6 is 11.8 Å². The van der Waals surface area contributed by atoms with E-state index in [4.69, 9.17) is 4.74 Å². The highest BCUT2D eigenvalue weighted by Gasteiger charge is 2.60. The number of benzene rings is 2. The van der Waals surface area contributed by atoms with Crippen LogP contribution in [-0.4, -0.2) is 33.6 Å². The van der Waals surface area contributed by atoms with Crippen molar-refractivity contribution in [1.29, 1.82) is 0 Å². The lowest BCUT2D eigenvalue weighted by molar-refractivity contribution is -0.149. The average molecular weight is 402 g/mol. The Morgan fingerprint density at radius 1 is 1.10 bits per heavy atom. The molecule has 0 N–H and O–H groups in total. The van der Waals surface area contributed by atoms with E-state index in [1.165, 1.54) is 0 Å². The third-order valence-corrected chi connectivity index (χ3v) is 6.94. The maximum Gasteiger partial charge on any atom is 0.330 e. The van der Waals surface area contributed by atoms with Crippen molar-refractivity contribution in [3.8, 4) is 0 Å². The smallest absolute Gasteiger partial charge is 0.330 e. The Hall–Kier alpha value is -3.12. The van der Waals surface area contributed by atoms with Gasteiger partial charge in [0.1, 0.15) is 17.5 Å². The maximum absolute atomic E-state index is 13.3. The Bertz CT molecular complexity index is 1070. The Labute approximate surface area is 172 Å². The minimum absolute atomic E-state index is 0.127. The van der Waals surface area contributed by atoms with Gasteiger partial charge in [-0.1, -0.05) is 54.6 Å². The second kappa shape index (κ2) is 7.04. The number of hydrogen-bond donors (Lipinski definition) is 0. The summed E-state index contributed by atoms with van der Waals surface area (Å²) in [7, 11) is 0. The molecule has 0 saturated carbocycles. The van der Waals surface area contributed by atoms with Gasteiger partial charge in [0.2, 0.25) is 0 Å². The van der Waals surface area contributed by atoms with Crippen LogP contribution in [0, 0.1) is 0 Å². The maximum atomic E-state index is 13.3. The van der Waals surface area contributed by atoms with E-state index in [0.717, 1.165) is 16.7 Å². The second-order valence-corrected chi connectivity index (χ2v) is 8.24. The number of amides is 1. The Balaban J connectivity index is 1.51. The van der Waals surface area contributed by atoms with E-state index in [1.54, 1.807) is 35.1 Å². The minimum atomic E-state index is -0.701. The molecule has 1 amide bonds. The van der Waals surface area contributed by atoms with Crippen LogP contribution in [0.5, 0.6) is 0 Å². The van der Waals surface area contributed by atoms with Crippen molar-refractivity contribution < 1.29 is 14.3 Å². The summed E-state index contributed by atoms with van der Waals surface area (Å²) in [6, 6.07) is 20.5. The minimum Gasteiger partial charge on any atom is -0.459 e. The molecule has 0 aliphatic carbocycles. The number of esters is 1. The molecule has 0 spiro atoms. The Kier molecular flexibility index (Phi) is 4.36. The molecular formula is C23H18N2O3S. The molecule has 5 rings (SSSR count). The lowest BCUT2D eigenvalue weighted by atomic mass is 9.97. The van der Waals surface area contributed by atoms with Crippen molar-refractivity contribution in [2.24, 2.45) is 0 Å². The van der Waals surface area contributed by atoms with Gasteiger partial charge >= 0.3 is 5.97 Å².